The number of hydrogen-bond donors (Lipinski definition) is 3. The molecule has 2 aromatic carbocycles. The summed E-state index contributed by atoms with van der Waals surface area (Å²) in [5, 5.41) is 7.60. The summed E-state index contributed by atoms with van der Waals surface area (Å²) in [4.78, 5) is 33.2. The number of nitrogens with zero attached hydrogens (tertiary/aromatic N) is 2. The SMILES string of the molecule is COc1ccc2[nH]cc(CCNC(=O)[C@@H](C)NC(=O)c3ccc4nc(-n5cccc5)sc4c3)c2c1. The van der Waals surface area contributed by atoms with Crippen molar-refractivity contribution in [2.45, 2.75) is 19.4 Å². The van der Waals surface area contributed by atoms with E-state index in [4.69, 9.17) is 4.74 Å². The van der Waals surface area contributed by atoms with E-state index in [2.05, 4.69) is 20.6 Å². The van der Waals surface area contributed by atoms with Gasteiger partial charge in [0.25, 0.3) is 5.91 Å². The van der Waals surface area contributed by atoms with Crippen LogP contribution in [0.15, 0.2) is 67.1 Å². The molecule has 0 fully saturated rings. The molecule has 2 amide bonds. The number of H-pyrrole nitrogens is 1. The van der Waals surface area contributed by atoms with Gasteiger partial charge in [-0.15, -0.1) is 0 Å². The smallest absolute Gasteiger partial charge is 0.251 e. The Hall–Kier alpha value is -4.11. The highest BCUT2D eigenvalue weighted by atomic mass is 32.1. The number of rotatable bonds is 8. The van der Waals surface area contributed by atoms with E-state index in [-0.39, 0.29) is 11.8 Å². The van der Waals surface area contributed by atoms with Gasteiger partial charge in [0, 0.05) is 41.6 Å². The third-order valence-electron chi connectivity index (χ3n) is 5.87. The summed E-state index contributed by atoms with van der Waals surface area (Å²) in [6.07, 6.45) is 6.46. The number of carbonyl (C=O) groups is 2. The van der Waals surface area contributed by atoms with Crippen LogP contribution in [0.1, 0.15) is 22.8 Å². The van der Waals surface area contributed by atoms with Crippen molar-refractivity contribution in [3.63, 3.8) is 0 Å². The molecule has 3 heterocycles. The molecule has 0 aliphatic carbocycles. The molecule has 5 aromatic rings. The zero-order chi connectivity index (χ0) is 24.4. The van der Waals surface area contributed by atoms with Crippen molar-refractivity contribution in [2.24, 2.45) is 0 Å². The van der Waals surface area contributed by atoms with E-state index >= 15 is 0 Å². The van der Waals surface area contributed by atoms with Gasteiger partial charge in [-0.3, -0.25) is 9.59 Å². The molecular formula is C26H25N5O3S. The van der Waals surface area contributed by atoms with Crippen molar-refractivity contribution < 1.29 is 14.3 Å². The molecule has 0 unspecified atom stereocenters. The summed E-state index contributed by atoms with van der Waals surface area (Å²) in [6, 6.07) is 14.4. The number of carbonyl (C=O) groups excluding carboxylic acids is 2. The maximum absolute atomic E-state index is 12.8. The summed E-state index contributed by atoms with van der Waals surface area (Å²) in [5.74, 6) is 0.259. The van der Waals surface area contributed by atoms with Crippen LogP contribution >= 0.6 is 11.3 Å². The van der Waals surface area contributed by atoms with Gasteiger partial charge in [-0.1, -0.05) is 11.3 Å². The Labute approximate surface area is 205 Å². The second kappa shape index (κ2) is 9.63. The number of methoxy groups -OCH3 is 1. The quantitative estimate of drug-likeness (QED) is 0.307. The van der Waals surface area contributed by atoms with Gasteiger partial charge in [-0.25, -0.2) is 4.98 Å². The number of aromatic amines is 1. The minimum absolute atomic E-state index is 0.232. The van der Waals surface area contributed by atoms with Crippen LogP contribution in [0.2, 0.25) is 0 Å². The largest absolute Gasteiger partial charge is 0.497 e. The molecule has 3 N–H and O–H groups in total. The standard InChI is InChI=1S/C26H25N5O3S/c1-16(24(32)27-10-9-18-15-28-21-8-6-19(34-2)14-20(18)21)29-25(33)17-5-7-22-23(13-17)35-26(30-22)31-11-3-4-12-31/h3-8,11-16,28H,9-10H2,1-2H3,(H,27,32)(H,29,33)/t16-/m1/s1. The Balaban J connectivity index is 1.18. The van der Waals surface area contributed by atoms with E-state index in [1.54, 1.807) is 20.1 Å². The van der Waals surface area contributed by atoms with Gasteiger partial charge in [-0.05, 0) is 67.4 Å². The molecule has 35 heavy (non-hydrogen) atoms. The topological polar surface area (TPSA) is 101 Å². The molecule has 0 aliphatic heterocycles. The summed E-state index contributed by atoms with van der Waals surface area (Å²) < 4.78 is 8.15. The zero-order valence-electron chi connectivity index (χ0n) is 19.4. The first kappa shape index (κ1) is 22.7. The molecule has 0 bridgehead atoms. The first-order chi connectivity index (χ1) is 17.0. The monoisotopic (exact) mass is 487 g/mol. The van der Waals surface area contributed by atoms with E-state index in [1.807, 2.05) is 65.6 Å². The Morgan fingerprint density at radius 3 is 2.80 bits per heavy atom. The average Bonchev–Trinajstić information content (AvgIpc) is 3.62. The van der Waals surface area contributed by atoms with E-state index in [0.717, 1.165) is 37.6 Å². The second-order valence-corrected chi connectivity index (χ2v) is 9.24. The molecule has 3 aromatic heterocycles. The molecule has 5 rings (SSSR count). The Morgan fingerprint density at radius 1 is 1.17 bits per heavy atom. The first-order valence-corrected chi connectivity index (χ1v) is 12.1. The van der Waals surface area contributed by atoms with Crippen LogP contribution in [0.3, 0.4) is 0 Å². The van der Waals surface area contributed by atoms with Crippen LogP contribution in [0.4, 0.5) is 0 Å². The lowest BCUT2D eigenvalue weighted by molar-refractivity contribution is -0.122. The zero-order valence-corrected chi connectivity index (χ0v) is 20.2. The fraction of sp³-hybridized carbons (Fsp3) is 0.192. The average molecular weight is 488 g/mol. The van der Waals surface area contributed by atoms with Crippen molar-refractivity contribution in [3.8, 4) is 10.9 Å². The van der Waals surface area contributed by atoms with Gasteiger partial charge in [0.05, 0.1) is 17.3 Å². The van der Waals surface area contributed by atoms with Crippen molar-refractivity contribution >= 4 is 44.3 Å². The van der Waals surface area contributed by atoms with E-state index in [0.29, 0.717) is 18.5 Å². The van der Waals surface area contributed by atoms with Gasteiger partial charge >= 0.3 is 0 Å². The Morgan fingerprint density at radius 2 is 2.00 bits per heavy atom. The number of ether oxygens (including phenoxy) is 1. The normalized spacial score (nSPS) is 12.1. The van der Waals surface area contributed by atoms with Crippen molar-refractivity contribution in [3.05, 3.63) is 78.2 Å². The van der Waals surface area contributed by atoms with Crippen LogP contribution in [-0.2, 0) is 11.2 Å². The summed E-state index contributed by atoms with van der Waals surface area (Å²) in [5.41, 5.74) is 3.43. The number of fused-ring (bicyclic) bond motifs is 2. The highest BCUT2D eigenvalue weighted by molar-refractivity contribution is 7.20. The molecule has 0 saturated heterocycles. The molecule has 0 spiro atoms. The van der Waals surface area contributed by atoms with E-state index in [9.17, 15) is 9.59 Å². The predicted molar refractivity (Wildman–Crippen MR) is 137 cm³/mol. The summed E-state index contributed by atoms with van der Waals surface area (Å²) in [6.45, 7) is 2.14. The van der Waals surface area contributed by atoms with Crippen molar-refractivity contribution in [2.75, 3.05) is 13.7 Å². The minimum Gasteiger partial charge on any atom is -0.497 e. The summed E-state index contributed by atoms with van der Waals surface area (Å²) >= 11 is 1.51. The van der Waals surface area contributed by atoms with Crippen LogP contribution < -0.4 is 15.4 Å². The number of nitrogens with one attached hydrogen (secondary N) is 3. The first-order valence-electron chi connectivity index (χ1n) is 11.3. The molecule has 0 aliphatic rings. The van der Waals surface area contributed by atoms with Crippen molar-refractivity contribution in [1.29, 1.82) is 0 Å². The maximum atomic E-state index is 12.8. The van der Waals surface area contributed by atoms with Gasteiger partial charge in [0.2, 0.25) is 5.91 Å². The Bertz CT molecular complexity index is 1500. The second-order valence-electron chi connectivity index (χ2n) is 8.23. The van der Waals surface area contributed by atoms with Crippen molar-refractivity contribution in [1.82, 2.24) is 25.2 Å². The van der Waals surface area contributed by atoms with Gasteiger partial charge in [0.1, 0.15) is 11.8 Å². The number of hydrogen-bond acceptors (Lipinski definition) is 5. The van der Waals surface area contributed by atoms with Gasteiger partial charge < -0.3 is 24.9 Å². The number of thiazole rings is 1. The van der Waals surface area contributed by atoms with Crippen LogP contribution in [0, 0.1) is 0 Å². The van der Waals surface area contributed by atoms with E-state index < -0.39 is 6.04 Å². The third-order valence-corrected chi connectivity index (χ3v) is 6.91. The third kappa shape index (κ3) is 4.76. The lowest BCUT2D eigenvalue weighted by atomic mass is 10.1. The van der Waals surface area contributed by atoms with E-state index in [1.165, 1.54) is 11.3 Å². The minimum atomic E-state index is -0.668. The summed E-state index contributed by atoms with van der Waals surface area (Å²) in [7, 11) is 1.64. The molecule has 0 saturated carbocycles. The number of aromatic nitrogens is 3. The molecule has 8 nitrogen and oxygen atoms in total. The molecular weight excluding hydrogens is 462 g/mol. The van der Waals surface area contributed by atoms with Gasteiger partial charge in [-0.2, -0.15) is 0 Å². The van der Waals surface area contributed by atoms with Crippen LogP contribution in [0.5, 0.6) is 5.75 Å². The highest BCUT2D eigenvalue weighted by Gasteiger charge is 2.17. The number of amides is 2. The molecule has 9 heteroatoms. The van der Waals surface area contributed by atoms with Gasteiger partial charge in [0.15, 0.2) is 5.13 Å². The fourth-order valence-electron chi connectivity index (χ4n) is 3.94. The molecule has 0 radical (unpaired) electrons. The fourth-order valence-corrected chi connectivity index (χ4v) is 4.91. The molecule has 178 valence electrons. The lowest BCUT2D eigenvalue weighted by Gasteiger charge is -2.14. The lowest BCUT2D eigenvalue weighted by Crippen LogP contribution is -2.45. The Kier molecular flexibility index (Phi) is 6.24. The predicted octanol–water partition coefficient (Wildman–Crippen LogP) is 4.05. The van der Waals surface area contributed by atoms with Crippen LogP contribution in [0.25, 0.3) is 26.3 Å². The molecule has 1 atom stereocenters. The van der Waals surface area contributed by atoms with Crippen LogP contribution in [-0.4, -0.2) is 46.0 Å². The highest BCUT2D eigenvalue weighted by Crippen LogP contribution is 2.26. The number of benzene rings is 2. The maximum Gasteiger partial charge on any atom is 0.251 e.